The molecule has 3 heteroatoms. The molecule has 0 aliphatic heterocycles. The van der Waals surface area contributed by atoms with E-state index in [9.17, 15) is 0 Å². The molecule has 0 saturated carbocycles. The number of fused-ring (bicyclic) bond motifs is 4. The lowest BCUT2D eigenvalue weighted by molar-refractivity contribution is 1.29. The summed E-state index contributed by atoms with van der Waals surface area (Å²) in [6.07, 6.45) is 0. The van der Waals surface area contributed by atoms with Crippen LogP contribution in [0.2, 0.25) is 0 Å². The maximum absolute atomic E-state index is 2.44. The normalized spacial score (nSPS) is 11.3. The maximum atomic E-state index is 2.44. The van der Waals surface area contributed by atoms with E-state index in [-0.39, 0.29) is 0 Å². The molecule has 12 rings (SSSR count). The number of rotatable bonds is 10. The Morgan fingerprint density at radius 2 is 0.642 bits per heavy atom. The predicted octanol–water partition coefficient (Wildman–Crippen LogP) is 18.8. The third-order valence-corrected chi connectivity index (χ3v) is 13.9. The Morgan fingerprint density at radius 1 is 0.239 bits per heavy atom. The van der Waals surface area contributed by atoms with Crippen LogP contribution in [0.1, 0.15) is 0 Å². The van der Waals surface area contributed by atoms with Gasteiger partial charge < -0.3 is 9.80 Å². The fourth-order valence-electron chi connectivity index (χ4n) is 9.54. The van der Waals surface area contributed by atoms with Gasteiger partial charge in [0.2, 0.25) is 0 Å². The highest BCUT2D eigenvalue weighted by atomic mass is 32.1. The number of anilines is 6. The SMILES string of the molecule is c1ccc(-c2ccc(N(c3cccc(-c4cccc(N(c5cccc(-c6ccccc6)c5)c5cccc6sc7ccccc7c56)c4)c3)c3ccc4cc(-c5ccccc5)ccc4c3)cc2)cc1. The smallest absolute Gasteiger partial charge is 0.0554 e. The molecule has 0 N–H and O–H groups in total. The molecular weight excluding hydrogens is 829 g/mol. The van der Waals surface area contributed by atoms with Crippen molar-refractivity contribution in [3.63, 3.8) is 0 Å². The lowest BCUT2D eigenvalue weighted by Crippen LogP contribution is -2.11. The van der Waals surface area contributed by atoms with Crippen molar-refractivity contribution < 1.29 is 0 Å². The molecule has 1 aromatic heterocycles. The van der Waals surface area contributed by atoms with Gasteiger partial charge in [-0.15, -0.1) is 11.3 Å². The molecule has 0 fully saturated rings. The Bertz CT molecular complexity index is 3690. The van der Waals surface area contributed by atoms with Crippen LogP contribution in [0.3, 0.4) is 0 Å². The van der Waals surface area contributed by atoms with Crippen LogP contribution in [0.25, 0.3) is 75.5 Å². The van der Waals surface area contributed by atoms with Gasteiger partial charge in [-0.2, -0.15) is 0 Å². The minimum absolute atomic E-state index is 1.08. The van der Waals surface area contributed by atoms with Crippen LogP contribution in [0.4, 0.5) is 34.1 Å². The lowest BCUT2D eigenvalue weighted by Gasteiger charge is -2.28. The van der Waals surface area contributed by atoms with Crippen molar-refractivity contribution in [1.29, 1.82) is 0 Å². The molecule has 0 bridgehead atoms. The Kier molecular flexibility index (Phi) is 10.4. The molecule has 0 aliphatic carbocycles. The van der Waals surface area contributed by atoms with E-state index in [1.165, 1.54) is 64.3 Å². The fraction of sp³-hybridized carbons (Fsp3) is 0. The van der Waals surface area contributed by atoms with Crippen LogP contribution >= 0.6 is 11.3 Å². The summed E-state index contributed by atoms with van der Waals surface area (Å²) in [6, 6.07) is 96.9. The average Bonchev–Trinajstić information content (AvgIpc) is 3.80. The quantitative estimate of drug-likeness (QED) is 0.135. The van der Waals surface area contributed by atoms with Gasteiger partial charge in [0.1, 0.15) is 0 Å². The van der Waals surface area contributed by atoms with Crippen LogP contribution in [-0.2, 0) is 0 Å². The molecule has 0 aliphatic rings. The van der Waals surface area contributed by atoms with Gasteiger partial charge in [-0.1, -0.05) is 182 Å². The third-order valence-electron chi connectivity index (χ3n) is 12.8. The molecule has 2 nitrogen and oxygen atoms in total. The molecule has 11 aromatic carbocycles. The van der Waals surface area contributed by atoms with Gasteiger partial charge in [-0.25, -0.2) is 0 Å². The minimum atomic E-state index is 1.08. The Labute approximate surface area is 395 Å². The number of nitrogens with zero attached hydrogens (tertiary/aromatic N) is 2. The highest BCUT2D eigenvalue weighted by Crippen LogP contribution is 2.46. The van der Waals surface area contributed by atoms with Crippen LogP contribution in [0, 0.1) is 0 Å². The Balaban J connectivity index is 0.980. The zero-order chi connectivity index (χ0) is 44.5. The molecule has 0 radical (unpaired) electrons. The average molecular weight is 873 g/mol. The van der Waals surface area contributed by atoms with Gasteiger partial charge in [-0.3, -0.25) is 0 Å². The van der Waals surface area contributed by atoms with E-state index in [2.05, 4.69) is 277 Å². The third kappa shape index (κ3) is 7.82. The lowest BCUT2D eigenvalue weighted by atomic mass is 10.00. The second-order valence-corrected chi connectivity index (χ2v) is 18.0. The molecule has 0 amide bonds. The molecule has 0 atom stereocenters. The van der Waals surface area contributed by atoms with Crippen molar-refractivity contribution in [3.8, 4) is 44.5 Å². The maximum Gasteiger partial charge on any atom is 0.0554 e. The molecule has 0 spiro atoms. The second kappa shape index (κ2) is 17.5. The second-order valence-electron chi connectivity index (χ2n) is 17.0. The first-order valence-electron chi connectivity index (χ1n) is 22.8. The summed E-state index contributed by atoms with van der Waals surface area (Å²) in [4.78, 5) is 4.83. The number of hydrogen-bond donors (Lipinski definition) is 0. The first-order valence-corrected chi connectivity index (χ1v) is 23.6. The molecule has 316 valence electrons. The van der Waals surface area contributed by atoms with E-state index in [0.717, 1.165) is 45.3 Å². The largest absolute Gasteiger partial charge is 0.310 e. The van der Waals surface area contributed by atoms with Gasteiger partial charge in [0, 0.05) is 48.6 Å². The van der Waals surface area contributed by atoms with Gasteiger partial charge in [0.15, 0.2) is 0 Å². The summed E-state index contributed by atoms with van der Waals surface area (Å²) in [5.74, 6) is 0. The van der Waals surface area contributed by atoms with Crippen LogP contribution in [0.15, 0.2) is 267 Å². The standard InChI is InChI=1S/C64H44N2S/c1-4-16-45(17-5-1)48-34-37-55(38-35-48)65(59-39-36-53-40-52(32-33-54(53)44-59)47-20-8-3-9-21-47)56-25-13-23-50(42-56)51-24-14-27-58(43-51)66(57-26-12-22-49(41-57)46-18-6-2-7-19-46)61-29-15-31-63-64(61)60-28-10-11-30-62(60)67-63/h1-44H. The van der Waals surface area contributed by atoms with Crippen LogP contribution < -0.4 is 9.80 Å². The molecule has 67 heavy (non-hydrogen) atoms. The summed E-state index contributed by atoms with van der Waals surface area (Å²) in [6.45, 7) is 0. The fourth-order valence-corrected chi connectivity index (χ4v) is 10.7. The van der Waals surface area contributed by atoms with E-state index in [1.54, 1.807) is 0 Å². The summed E-state index contributed by atoms with van der Waals surface area (Å²) in [5.41, 5.74) is 16.1. The molecule has 0 saturated heterocycles. The summed E-state index contributed by atoms with van der Waals surface area (Å²) in [7, 11) is 0. The van der Waals surface area contributed by atoms with E-state index >= 15 is 0 Å². The van der Waals surface area contributed by atoms with E-state index in [4.69, 9.17) is 0 Å². The highest BCUT2D eigenvalue weighted by molar-refractivity contribution is 7.26. The topological polar surface area (TPSA) is 6.48 Å². The van der Waals surface area contributed by atoms with E-state index in [0.29, 0.717) is 0 Å². The first-order chi connectivity index (χ1) is 33.2. The summed E-state index contributed by atoms with van der Waals surface area (Å²) in [5, 5.41) is 4.94. The number of benzene rings is 11. The van der Waals surface area contributed by atoms with Crippen molar-refractivity contribution in [2.75, 3.05) is 9.80 Å². The molecule has 0 unspecified atom stereocenters. The summed E-state index contributed by atoms with van der Waals surface area (Å²) < 4.78 is 2.56. The van der Waals surface area contributed by atoms with Crippen molar-refractivity contribution in [1.82, 2.24) is 0 Å². The molecular formula is C64H44N2S. The van der Waals surface area contributed by atoms with E-state index in [1.807, 2.05) is 11.3 Å². The van der Waals surface area contributed by atoms with Crippen LogP contribution in [0.5, 0.6) is 0 Å². The van der Waals surface area contributed by atoms with Crippen molar-refractivity contribution >= 4 is 76.4 Å². The van der Waals surface area contributed by atoms with Gasteiger partial charge in [0.05, 0.1) is 5.69 Å². The zero-order valence-electron chi connectivity index (χ0n) is 36.7. The van der Waals surface area contributed by atoms with Crippen LogP contribution in [-0.4, -0.2) is 0 Å². The monoisotopic (exact) mass is 872 g/mol. The Morgan fingerprint density at radius 3 is 1.27 bits per heavy atom. The van der Waals surface area contributed by atoms with Crippen molar-refractivity contribution in [3.05, 3.63) is 267 Å². The Hall–Kier alpha value is -8.50. The van der Waals surface area contributed by atoms with Gasteiger partial charge in [-0.05, 0) is 140 Å². The van der Waals surface area contributed by atoms with Gasteiger partial charge >= 0.3 is 0 Å². The highest BCUT2D eigenvalue weighted by Gasteiger charge is 2.21. The van der Waals surface area contributed by atoms with Crippen molar-refractivity contribution in [2.24, 2.45) is 0 Å². The number of hydrogen-bond acceptors (Lipinski definition) is 3. The first kappa shape index (κ1) is 40.0. The predicted molar refractivity (Wildman–Crippen MR) is 288 cm³/mol. The van der Waals surface area contributed by atoms with E-state index < -0.39 is 0 Å². The number of thiophene rings is 1. The molecule has 12 aromatic rings. The van der Waals surface area contributed by atoms with Gasteiger partial charge in [0.25, 0.3) is 0 Å². The summed E-state index contributed by atoms with van der Waals surface area (Å²) >= 11 is 1.85. The zero-order valence-corrected chi connectivity index (χ0v) is 37.5. The minimum Gasteiger partial charge on any atom is -0.310 e. The van der Waals surface area contributed by atoms with Crippen molar-refractivity contribution in [2.45, 2.75) is 0 Å². The molecule has 1 heterocycles.